The number of anilines is 1. The van der Waals surface area contributed by atoms with Crippen LogP contribution in [0.15, 0.2) is 18.2 Å². The minimum atomic E-state index is -0.165. The summed E-state index contributed by atoms with van der Waals surface area (Å²) in [5.74, 6) is 0.790. The van der Waals surface area contributed by atoms with Crippen molar-refractivity contribution in [1.29, 1.82) is 0 Å². The summed E-state index contributed by atoms with van der Waals surface area (Å²) < 4.78 is 13.5. The Labute approximate surface area is 126 Å². The minimum absolute atomic E-state index is 0.0571. The molecule has 2 N–H and O–H groups in total. The van der Waals surface area contributed by atoms with Crippen LogP contribution in [0.25, 0.3) is 0 Å². The SMILES string of the molecule is CC(N)Cc1cc(F)ccc1N1CCN(CC2CC2)CC1. The van der Waals surface area contributed by atoms with Gasteiger partial charge in [-0.05, 0) is 55.9 Å². The standard InChI is InChI=1S/C17H26FN3/c1-13(19)10-15-11-16(18)4-5-17(15)21-8-6-20(7-9-21)12-14-2-3-14/h4-5,11,13-14H,2-3,6-10,12,19H2,1H3. The first kappa shape index (κ1) is 14.8. The first-order valence-corrected chi connectivity index (χ1v) is 8.13. The molecular formula is C17H26FN3. The van der Waals surface area contributed by atoms with Crippen molar-refractivity contribution in [2.75, 3.05) is 37.6 Å². The Morgan fingerprint density at radius 3 is 2.57 bits per heavy atom. The number of rotatable bonds is 5. The van der Waals surface area contributed by atoms with Crippen LogP contribution in [0.4, 0.5) is 10.1 Å². The van der Waals surface area contributed by atoms with E-state index < -0.39 is 0 Å². The van der Waals surface area contributed by atoms with Gasteiger partial charge >= 0.3 is 0 Å². The number of nitrogens with two attached hydrogens (primary N) is 1. The lowest BCUT2D eigenvalue weighted by atomic mass is 10.0. The van der Waals surface area contributed by atoms with Gasteiger partial charge in [0.05, 0.1) is 0 Å². The summed E-state index contributed by atoms with van der Waals surface area (Å²) in [6, 6.07) is 5.19. The third-order valence-corrected chi connectivity index (χ3v) is 4.51. The first-order chi connectivity index (χ1) is 10.1. The van der Waals surface area contributed by atoms with Gasteiger partial charge in [-0.3, -0.25) is 4.90 Å². The molecule has 1 heterocycles. The molecule has 3 nitrogen and oxygen atoms in total. The average molecular weight is 291 g/mol. The number of benzene rings is 1. The number of nitrogens with zero attached hydrogens (tertiary/aromatic N) is 2. The van der Waals surface area contributed by atoms with Gasteiger partial charge in [0, 0.05) is 44.5 Å². The van der Waals surface area contributed by atoms with E-state index in [-0.39, 0.29) is 11.9 Å². The fraction of sp³-hybridized carbons (Fsp3) is 0.647. The van der Waals surface area contributed by atoms with E-state index in [4.69, 9.17) is 5.73 Å². The molecule has 1 saturated carbocycles. The number of hydrogen-bond donors (Lipinski definition) is 1. The zero-order valence-corrected chi connectivity index (χ0v) is 12.9. The van der Waals surface area contributed by atoms with Crippen molar-refractivity contribution in [1.82, 2.24) is 4.90 Å². The third-order valence-electron chi connectivity index (χ3n) is 4.51. The van der Waals surface area contributed by atoms with Gasteiger partial charge in [0.2, 0.25) is 0 Å². The van der Waals surface area contributed by atoms with E-state index in [1.165, 1.54) is 25.1 Å². The van der Waals surface area contributed by atoms with Crippen LogP contribution in [-0.2, 0) is 6.42 Å². The number of piperazine rings is 1. The molecule has 2 fully saturated rings. The van der Waals surface area contributed by atoms with Crippen LogP contribution in [0.1, 0.15) is 25.3 Å². The van der Waals surface area contributed by atoms with Crippen LogP contribution in [0.2, 0.25) is 0 Å². The molecule has 3 rings (SSSR count). The molecule has 0 aromatic heterocycles. The molecule has 1 saturated heterocycles. The van der Waals surface area contributed by atoms with Crippen LogP contribution < -0.4 is 10.6 Å². The van der Waals surface area contributed by atoms with Gasteiger partial charge in [0.1, 0.15) is 5.82 Å². The Morgan fingerprint density at radius 1 is 1.24 bits per heavy atom. The van der Waals surface area contributed by atoms with Crippen molar-refractivity contribution in [3.63, 3.8) is 0 Å². The molecule has 116 valence electrons. The number of hydrogen-bond acceptors (Lipinski definition) is 3. The highest BCUT2D eigenvalue weighted by atomic mass is 19.1. The summed E-state index contributed by atoms with van der Waals surface area (Å²) in [6.45, 7) is 7.54. The lowest BCUT2D eigenvalue weighted by Gasteiger charge is -2.37. The zero-order valence-electron chi connectivity index (χ0n) is 12.9. The summed E-state index contributed by atoms with van der Waals surface area (Å²) in [5.41, 5.74) is 8.12. The van der Waals surface area contributed by atoms with Crippen LogP contribution in [0.5, 0.6) is 0 Å². The third kappa shape index (κ3) is 3.95. The molecule has 1 aliphatic carbocycles. The molecule has 1 aromatic rings. The lowest BCUT2D eigenvalue weighted by Crippen LogP contribution is -2.47. The van der Waals surface area contributed by atoms with Gasteiger partial charge in [0.15, 0.2) is 0 Å². The van der Waals surface area contributed by atoms with E-state index in [2.05, 4.69) is 9.80 Å². The Bertz CT molecular complexity index is 477. The van der Waals surface area contributed by atoms with Crippen LogP contribution in [0, 0.1) is 11.7 Å². The van der Waals surface area contributed by atoms with Gasteiger partial charge in [-0.25, -0.2) is 4.39 Å². The molecule has 1 aromatic carbocycles. The molecule has 2 aliphatic rings. The molecule has 0 amide bonds. The van der Waals surface area contributed by atoms with E-state index in [0.29, 0.717) is 0 Å². The normalized spacial score (nSPS) is 21.6. The van der Waals surface area contributed by atoms with Crippen LogP contribution in [0.3, 0.4) is 0 Å². The van der Waals surface area contributed by atoms with E-state index in [9.17, 15) is 4.39 Å². The predicted octanol–water partition coefficient (Wildman–Crippen LogP) is 2.25. The topological polar surface area (TPSA) is 32.5 Å². The predicted molar refractivity (Wildman–Crippen MR) is 85.1 cm³/mol. The molecule has 4 heteroatoms. The van der Waals surface area contributed by atoms with E-state index in [0.717, 1.165) is 44.1 Å². The van der Waals surface area contributed by atoms with Crippen LogP contribution >= 0.6 is 0 Å². The van der Waals surface area contributed by atoms with Gasteiger partial charge in [-0.2, -0.15) is 0 Å². The highest BCUT2D eigenvalue weighted by Gasteiger charge is 2.26. The Morgan fingerprint density at radius 2 is 1.95 bits per heavy atom. The van der Waals surface area contributed by atoms with Crippen molar-refractivity contribution >= 4 is 5.69 Å². The summed E-state index contributed by atoms with van der Waals surface area (Å²) in [4.78, 5) is 4.96. The maximum absolute atomic E-state index is 13.5. The monoisotopic (exact) mass is 291 g/mol. The van der Waals surface area contributed by atoms with E-state index in [1.807, 2.05) is 13.0 Å². The van der Waals surface area contributed by atoms with Crippen molar-refractivity contribution in [3.05, 3.63) is 29.6 Å². The molecule has 21 heavy (non-hydrogen) atoms. The smallest absolute Gasteiger partial charge is 0.123 e. The van der Waals surface area contributed by atoms with Crippen molar-refractivity contribution < 1.29 is 4.39 Å². The largest absolute Gasteiger partial charge is 0.369 e. The molecule has 1 aliphatic heterocycles. The number of halogens is 1. The molecule has 0 spiro atoms. The summed E-state index contributed by atoms with van der Waals surface area (Å²) >= 11 is 0. The first-order valence-electron chi connectivity index (χ1n) is 8.13. The average Bonchev–Trinajstić information content (AvgIpc) is 3.23. The lowest BCUT2D eigenvalue weighted by molar-refractivity contribution is 0.248. The second-order valence-corrected chi connectivity index (χ2v) is 6.69. The molecule has 0 bridgehead atoms. The van der Waals surface area contributed by atoms with Gasteiger partial charge < -0.3 is 10.6 Å². The second-order valence-electron chi connectivity index (χ2n) is 6.69. The van der Waals surface area contributed by atoms with Crippen molar-refractivity contribution in [2.24, 2.45) is 11.7 Å². The fourth-order valence-electron chi connectivity index (χ4n) is 3.21. The summed E-state index contributed by atoms with van der Waals surface area (Å²) in [5, 5.41) is 0. The van der Waals surface area contributed by atoms with E-state index in [1.54, 1.807) is 12.1 Å². The summed E-state index contributed by atoms with van der Waals surface area (Å²) in [6.07, 6.45) is 3.56. The molecule has 0 radical (unpaired) electrons. The second kappa shape index (κ2) is 6.32. The molecular weight excluding hydrogens is 265 g/mol. The van der Waals surface area contributed by atoms with Crippen molar-refractivity contribution in [3.8, 4) is 0 Å². The Hall–Kier alpha value is -1.13. The van der Waals surface area contributed by atoms with Crippen LogP contribution in [-0.4, -0.2) is 43.7 Å². The Kier molecular flexibility index (Phi) is 4.45. The molecule has 1 unspecified atom stereocenters. The van der Waals surface area contributed by atoms with Gasteiger partial charge in [-0.15, -0.1) is 0 Å². The van der Waals surface area contributed by atoms with E-state index >= 15 is 0 Å². The Balaban J connectivity index is 1.66. The molecule has 1 atom stereocenters. The highest BCUT2D eigenvalue weighted by molar-refractivity contribution is 5.54. The zero-order chi connectivity index (χ0) is 14.8. The minimum Gasteiger partial charge on any atom is -0.369 e. The van der Waals surface area contributed by atoms with Crippen molar-refractivity contribution in [2.45, 2.75) is 32.2 Å². The quantitative estimate of drug-likeness (QED) is 0.903. The summed E-state index contributed by atoms with van der Waals surface area (Å²) in [7, 11) is 0. The van der Waals surface area contributed by atoms with Gasteiger partial charge in [-0.1, -0.05) is 0 Å². The fourth-order valence-corrected chi connectivity index (χ4v) is 3.21. The van der Waals surface area contributed by atoms with Gasteiger partial charge in [0.25, 0.3) is 0 Å². The highest BCUT2D eigenvalue weighted by Crippen LogP contribution is 2.30. The maximum atomic E-state index is 13.5. The maximum Gasteiger partial charge on any atom is 0.123 e.